The van der Waals surface area contributed by atoms with Crippen LogP contribution in [0.15, 0.2) is 47.1 Å². The van der Waals surface area contributed by atoms with E-state index in [2.05, 4.69) is 10.9 Å². The van der Waals surface area contributed by atoms with E-state index in [-0.39, 0.29) is 12.2 Å². The van der Waals surface area contributed by atoms with Crippen molar-refractivity contribution in [2.24, 2.45) is 0 Å². The SMILES string of the molecule is O=C(Cc1cccc(F)c1)NNC(=O)c1ccco1. The van der Waals surface area contributed by atoms with Crippen LogP contribution in [-0.4, -0.2) is 11.8 Å². The van der Waals surface area contributed by atoms with E-state index in [1.54, 1.807) is 12.1 Å². The van der Waals surface area contributed by atoms with Gasteiger partial charge >= 0.3 is 5.91 Å². The average molecular weight is 262 g/mol. The minimum atomic E-state index is -0.558. The Bertz CT molecular complexity index is 581. The molecule has 2 N–H and O–H groups in total. The molecule has 98 valence electrons. The molecule has 19 heavy (non-hydrogen) atoms. The lowest BCUT2D eigenvalue weighted by atomic mass is 10.1. The Morgan fingerprint density at radius 1 is 1.16 bits per heavy atom. The van der Waals surface area contributed by atoms with E-state index in [0.717, 1.165) is 0 Å². The summed E-state index contributed by atoms with van der Waals surface area (Å²) in [6, 6.07) is 8.71. The highest BCUT2D eigenvalue weighted by atomic mass is 19.1. The van der Waals surface area contributed by atoms with Crippen molar-refractivity contribution in [3.05, 3.63) is 59.8 Å². The minimum Gasteiger partial charge on any atom is -0.459 e. The molecule has 0 bridgehead atoms. The van der Waals surface area contributed by atoms with Crippen LogP contribution in [0.5, 0.6) is 0 Å². The quantitative estimate of drug-likeness (QED) is 0.822. The molecule has 0 aliphatic heterocycles. The molecule has 2 amide bonds. The van der Waals surface area contributed by atoms with Gasteiger partial charge in [0, 0.05) is 0 Å². The second-order valence-corrected chi connectivity index (χ2v) is 3.79. The summed E-state index contributed by atoms with van der Waals surface area (Å²) in [5, 5.41) is 0. The number of carbonyl (C=O) groups excluding carboxylic acids is 2. The van der Waals surface area contributed by atoms with Gasteiger partial charge in [-0.25, -0.2) is 4.39 Å². The van der Waals surface area contributed by atoms with Crippen molar-refractivity contribution >= 4 is 11.8 Å². The molecular formula is C13H11FN2O3. The predicted octanol–water partition coefficient (Wildman–Crippen LogP) is 1.42. The lowest BCUT2D eigenvalue weighted by Crippen LogP contribution is -2.42. The first kappa shape index (κ1) is 12.8. The zero-order valence-corrected chi connectivity index (χ0v) is 9.85. The molecule has 5 nitrogen and oxygen atoms in total. The van der Waals surface area contributed by atoms with Gasteiger partial charge in [-0.3, -0.25) is 20.4 Å². The second-order valence-electron chi connectivity index (χ2n) is 3.79. The molecule has 0 aliphatic rings. The fourth-order valence-corrected chi connectivity index (χ4v) is 1.47. The maximum absolute atomic E-state index is 12.9. The van der Waals surface area contributed by atoms with Gasteiger partial charge in [0.05, 0.1) is 12.7 Å². The number of benzene rings is 1. The number of furan rings is 1. The Morgan fingerprint density at radius 3 is 2.68 bits per heavy atom. The van der Waals surface area contributed by atoms with Crippen molar-refractivity contribution in [1.29, 1.82) is 0 Å². The standard InChI is InChI=1S/C13H11FN2O3/c14-10-4-1-3-9(7-10)8-12(17)15-16-13(18)11-5-2-6-19-11/h1-7H,8H2,(H,15,17)(H,16,18). The van der Waals surface area contributed by atoms with Crippen LogP contribution in [-0.2, 0) is 11.2 Å². The summed E-state index contributed by atoms with van der Waals surface area (Å²) in [4.78, 5) is 23.0. The number of hydrazine groups is 1. The predicted molar refractivity (Wildman–Crippen MR) is 64.4 cm³/mol. The van der Waals surface area contributed by atoms with Crippen LogP contribution in [0.3, 0.4) is 0 Å². The Morgan fingerprint density at radius 2 is 2.00 bits per heavy atom. The molecule has 1 aromatic carbocycles. The van der Waals surface area contributed by atoms with Gasteiger partial charge in [0.2, 0.25) is 5.91 Å². The summed E-state index contributed by atoms with van der Waals surface area (Å²) in [5.74, 6) is -1.33. The van der Waals surface area contributed by atoms with Crippen LogP contribution in [0, 0.1) is 5.82 Å². The highest BCUT2D eigenvalue weighted by Crippen LogP contribution is 2.04. The molecule has 1 heterocycles. The molecule has 2 aromatic rings. The Labute approximate surface area is 108 Å². The normalized spacial score (nSPS) is 9.95. The first-order chi connectivity index (χ1) is 9.15. The fraction of sp³-hybridized carbons (Fsp3) is 0.0769. The molecule has 0 radical (unpaired) electrons. The third-order valence-electron chi connectivity index (χ3n) is 2.31. The molecule has 0 saturated heterocycles. The number of halogens is 1. The van der Waals surface area contributed by atoms with Crippen molar-refractivity contribution in [3.63, 3.8) is 0 Å². The van der Waals surface area contributed by atoms with Crippen LogP contribution in [0.1, 0.15) is 16.1 Å². The molecule has 2 rings (SSSR count). The lowest BCUT2D eigenvalue weighted by Gasteiger charge is -2.06. The summed E-state index contributed by atoms with van der Waals surface area (Å²) in [6.07, 6.45) is 1.32. The summed E-state index contributed by atoms with van der Waals surface area (Å²) < 4.78 is 17.8. The molecule has 0 atom stereocenters. The summed E-state index contributed by atoms with van der Waals surface area (Å²) in [5.41, 5.74) is 4.93. The van der Waals surface area contributed by atoms with Crippen LogP contribution >= 0.6 is 0 Å². The number of nitrogens with one attached hydrogen (secondary N) is 2. The lowest BCUT2D eigenvalue weighted by molar-refractivity contribution is -0.121. The molecule has 0 aliphatic carbocycles. The monoisotopic (exact) mass is 262 g/mol. The summed E-state index contributed by atoms with van der Waals surface area (Å²) >= 11 is 0. The smallest absolute Gasteiger partial charge is 0.305 e. The van der Waals surface area contributed by atoms with Gasteiger partial charge in [-0.1, -0.05) is 12.1 Å². The fourth-order valence-electron chi connectivity index (χ4n) is 1.47. The molecule has 0 fully saturated rings. The van der Waals surface area contributed by atoms with E-state index in [9.17, 15) is 14.0 Å². The largest absolute Gasteiger partial charge is 0.459 e. The average Bonchev–Trinajstić information content (AvgIpc) is 2.90. The highest BCUT2D eigenvalue weighted by molar-refractivity contribution is 5.93. The van der Waals surface area contributed by atoms with Gasteiger partial charge in [-0.15, -0.1) is 0 Å². The van der Waals surface area contributed by atoms with E-state index >= 15 is 0 Å². The number of hydrogen-bond donors (Lipinski definition) is 2. The summed E-state index contributed by atoms with van der Waals surface area (Å²) in [7, 11) is 0. The van der Waals surface area contributed by atoms with Gasteiger partial charge in [0.15, 0.2) is 5.76 Å². The van der Waals surface area contributed by atoms with E-state index in [4.69, 9.17) is 4.42 Å². The maximum Gasteiger partial charge on any atom is 0.305 e. The Balaban J connectivity index is 1.83. The minimum absolute atomic E-state index is 0.0316. The number of carbonyl (C=O) groups is 2. The zero-order valence-electron chi connectivity index (χ0n) is 9.85. The van der Waals surface area contributed by atoms with Crippen molar-refractivity contribution < 1.29 is 18.4 Å². The van der Waals surface area contributed by atoms with Gasteiger partial charge < -0.3 is 4.42 Å². The zero-order chi connectivity index (χ0) is 13.7. The van der Waals surface area contributed by atoms with Crippen molar-refractivity contribution in [2.45, 2.75) is 6.42 Å². The third-order valence-corrected chi connectivity index (χ3v) is 2.31. The molecule has 6 heteroatoms. The molecular weight excluding hydrogens is 251 g/mol. The van der Waals surface area contributed by atoms with Crippen molar-refractivity contribution in [3.8, 4) is 0 Å². The summed E-state index contributed by atoms with van der Waals surface area (Å²) in [6.45, 7) is 0. The third kappa shape index (κ3) is 3.67. The van der Waals surface area contributed by atoms with Crippen molar-refractivity contribution in [1.82, 2.24) is 10.9 Å². The molecule has 0 saturated carbocycles. The molecule has 1 aromatic heterocycles. The maximum atomic E-state index is 12.9. The first-order valence-corrected chi connectivity index (χ1v) is 5.52. The van der Waals surface area contributed by atoms with Gasteiger partial charge in [-0.2, -0.15) is 0 Å². The van der Waals surface area contributed by atoms with Crippen LogP contribution in [0.25, 0.3) is 0 Å². The Hall–Kier alpha value is -2.63. The van der Waals surface area contributed by atoms with Crippen LogP contribution < -0.4 is 10.9 Å². The number of amides is 2. The second kappa shape index (κ2) is 5.81. The van der Waals surface area contributed by atoms with Crippen LogP contribution in [0.4, 0.5) is 4.39 Å². The molecule has 0 unspecified atom stereocenters. The van der Waals surface area contributed by atoms with Gasteiger partial charge in [-0.05, 0) is 29.8 Å². The van der Waals surface area contributed by atoms with E-state index < -0.39 is 17.6 Å². The van der Waals surface area contributed by atoms with Crippen LogP contribution in [0.2, 0.25) is 0 Å². The first-order valence-electron chi connectivity index (χ1n) is 5.52. The topological polar surface area (TPSA) is 71.3 Å². The molecule has 0 spiro atoms. The van der Waals surface area contributed by atoms with Gasteiger partial charge in [0.25, 0.3) is 0 Å². The number of rotatable bonds is 3. The highest BCUT2D eigenvalue weighted by Gasteiger charge is 2.10. The van der Waals surface area contributed by atoms with Crippen molar-refractivity contribution in [2.75, 3.05) is 0 Å². The number of hydrogen-bond acceptors (Lipinski definition) is 3. The Kier molecular flexibility index (Phi) is 3.92. The van der Waals surface area contributed by atoms with E-state index in [1.165, 1.54) is 30.5 Å². The van der Waals surface area contributed by atoms with Gasteiger partial charge in [0.1, 0.15) is 5.82 Å². The van der Waals surface area contributed by atoms with E-state index in [1.807, 2.05) is 0 Å². The van der Waals surface area contributed by atoms with E-state index in [0.29, 0.717) is 5.56 Å².